The van der Waals surface area contributed by atoms with Crippen LogP contribution in [-0.2, 0) is 0 Å². The Kier molecular flexibility index (Phi) is 6.90. The van der Waals surface area contributed by atoms with Gasteiger partial charge in [0, 0.05) is 36.6 Å². The summed E-state index contributed by atoms with van der Waals surface area (Å²) >= 11 is 3.69. The summed E-state index contributed by atoms with van der Waals surface area (Å²) in [6.07, 6.45) is 1.15. The molecule has 3 aromatic carbocycles. The molecule has 0 aliphatic rings. The minimum Gasteiger partial charge on any atom is -0.311 e. The van der Waals surface area contributed by atoms with Crippen LogP contribution in [0.1, 0.15) is 41.5 Å². The Labute approximate surface area is 217 Å². The molecule has 0 saturated heterocycles. The normalized spacial score (nSPS) is 12.0. The van der Waals surface area contributed by atoms with Crippen LogP contribution >= 0.6 is 22.7 Å². The van der Waals surface area contributed by atoms with E-state index in [9.17, 15) is 0 Å². The van der Waals surface area contributed by atoms with Gasteiger partial charge in [-0.1, -0.05) is 50.2 Å². The molecule has 5 aromatic rings. The number of hydrogen-bond acceptors (Lipinski definition) is 3. The quantitative estimate of drug-likeness (QED) is 0.218. The lowest BCUT2D eigenvalue weighted by atomic mass is 9.98. The molecule has 0 N–H and O–H groups in total. The molecule has 1 unspecified atom stereocenters. The van der Waals surface area contributed by atoms with Crippen molar-refractivity contribution in [2.75, 3.05) is 4.90 Å². The zero-order valence-electron chi connectivity index (χ0n) is 20.8. The smallest absolute Gasteiger partial charge is 0.0462 e. The van der Waals surface area contributed by atoms with E-state index in [1.165, 1.54) is 41.9 Å². The van der Waals surface area contributed by atoms with Gasteiger partial charge < -0.3 is 4.90 Å². The summed E-state index contributed by atoms with van der Waals surface area (Å²) in [5.74, 6) is 0.569. The molecule has 0 saturated carbocycles. The maximum absolute atomic E-state index is 2.35. The molecular weight excluding hydrogens is 462 g/mol. The van der Waals surface area contributed by atoms with E-state index in [1.807, 2.05) is 22.7 Å². The third-order valence-corrected chi connectivity index (χ3v) is 8.73. The highest BCUT2D eigenvalue weighted by atomic mass is 32.1. The highest BCUT2D eigenvalue weighted by molar-refractivity contribution is 7.15. The van der Waals surface area contributed by atoms with Gasteiger partial charge in [-0.2, -0.15) is 0 Å². The lowest BCUT2D eigenvalue weighted by Gasteiger charge is -2.26. The Morgan fingerprint density at radius 3 is 1.31 bits per heavy atom. The lowest BCUT2D eigenvalue weighted by molar-refractivity contribution is 0.733. The van der Waals surface area contributed by atoms with Gasteiger partial charge >= 0.3 is 0 Å². The van der Waals surface area contributed by atoms with E-state index in [4.69, 9.17) is 0 Å². The predicted octanol–water partition coefficient (Wildman–Crippen LogP) is 10.7. The van der Waals surface area contributed by atoms with Crippen LogP contribution in [0.2, 0.25) is 0 Å². The molecule has 176 valence electrons. The standard InChI is InChI=1S/C32H31NS2/c1-5-22(2)25-8-14-28(15-9-25)33(29-16-10-26(11-17-29)31-20-6-23(3)34-31)30-18-12-27(13-19-30)32-21-7-24(4)35-32/h6-22H,5H2,1-4H3. The van der Waals surface area contributed by atoms with Gasteiger partial charge in [0.2, 0.25) is 0 Å². The highest BCUT2D eigenvalue weighted by Gasteiger charge is 2.14. The average molecular weight is 494 g/mol. The van der Waals surface area contributed by atoms with Crippen LogP contribution < -0.4 is 4.90 Å². The molecule has 0 fully saturated rings. The van der Waals surface area contributed by atoms with Crippen molar-refractivity contribution in [1.29, 1.82) is 0 Å². The first-order valence-corrected chi connectivity index (χ1v) is 13.9. The van der Waals surface area contributed by atoms with Gasteiger partial charge in [0.05, 0.1) is 0 Å². The van der Waals surface area contributed by atoms with E-state index in [2.05, 4.69) is 130 Å². The number of aryl methyl sites for hydroxylation is 2. The molecular formula is C32H31NS2. The third kappa shape index (κ3) is 5.12. The van der Waals surface area contributed by atoms with Crippen LogP contribution in [0.15, 0.2) is 97.1 Å². The van der Waals surface area contributed by atoms with Crippen LogP contribution in [-0.4, -0.2) is 0 Å². The SMILES string of the molecule is CCC(C)c1ccc(N(c2ccc(-c3ccc(C)s3)cc2)c2ccc(-c3ccc(C)s3)cc2)cc1. The van der Waals surface area contributed by atoms with Crippen molar-refractivity contribution in [2.24, 2.45) is 0 Å². The first-order chi connectivity index (χ1) is 17.0. The molecule has 0 amide bonds. The molecule has 3 heteroatoms. The van der Waals surface area contributed by atoms with Crippen molar-refractivity contribution in [3.05, 3.63) is 112 Å². The van der Waals surface area contributed by atoms with E-state index in [1.54, 1.807) is 0 Å². The second-order valence-electron chi connectivity index (χ2n) is 9.15. The van der Waals surface area contributed by atoms with Crippen LogP contribution in [0.4, 0.5) is 17.1 Å². The molecule has 1 atom stereocenters. The van der Waals surface area contributed by atoms with Crippen molar-refractivity contribution in [1.82, 2.24) is 0 Å². The third-order valence-electron chi connectivity index (χ3n) is 6.63. The lowest BCUT2D eigenvalue weighted by Crippen LogP contribution is -2.10. The molecule has 0 spiro atoms. The number of anilines is 3. The first kappa shape index (κ1) is 23.6. The van der Waals surface area contributed by atoms with Crippen molar-refractivity contribution >= 4 is 39.7 Å². The monoisotopic (exact) mass is 493 g/mol. The Bertz CT molecular complexity index is 1310. The Morgan fingerprint density at radius 2 is 0.971 bits per heavy atom. The maximum Gasteiger partial charge on any atom is 0.0462 e. The van der Waals surface area contributed by atoms with E-state index < -0.39 is 0 Å². The average Bonchev–Trinajstić information content (AvgIpc) is 3.53. The zero-order valence-corrected chi connectivity index (χ0v) is 22.4. The summed E-state index contributed by atoms with van der Waals surface area (Å²) in [5.41, 5.74) is 7.43. The summed E-state index contributed by atoms with van der Waals surface area (Å²) in [5, 5.41) is 0. The summed E-state index contributed by atoms with van der Waals surface area (Å²) in [6, 6.07) is 35.8. The van der Waals surface area contributed by atoms with Crippen LogP contribution in [0.25, 0.3) is 20.9 Å². The zero-order chi connectivity index (χ0) is 24.4. The molecule has 0 radical (unpaired) electrons. The fourth-order valence-corrected chi connectivity index (χ4v) is 6.11. The molecule has 35 heavy (non-hydrogen) atoms. The highest BCUT2D eigenvalue weighted by Crippen LogP contribution is 2.38. The van der Waals surface area contributed by atoms with Gasteiger partial charge in [-0.05, 0) is 104 Å². The van der Waals surface area contributed by atoms with Crippen molar-refractivity contribution in [3.63, 3.8) is 0 Å². The van der Waals surface area contributed by atoms with E-state index in [0.717, 1.165) is 17.8 Å². The van der Waals surface area contributed by atoms with Gasteiger partial charge in [0.1, 0.15) is 0 Å². The van der Waals surface area contributed by atoms with Crippen molar-refractivity contribution in [3.8, 4) is 20.9 Å². The van der Waals surface area contributed by atoms with Crippen molar-refractivity contribution in [2.45, 2.75) is 40.0 Å². The number of thiophene rings is 2. The Morgan fingerprint density at radius 1 is 0.571 bits per heavy atom. The fraction of sp³-hybridized carbons (Fsp3) is 0.188. The summed E-state index contributed by atoms with van der Waals surface area (Å²) in [7, 11) is 0. The topological polar surface area (TPSA) is 3.24 Å². The van der Waals surface area contributed by atoms with Crippen LogP contribution in [0.5, 0.6) is 0 Å². The minimum atomic E-state index is 0.569. The van der Waals surface area contributed by atoms with Crippen LogP contribution in [0, 0.1) is 13.8 Å². The molecule has 5 rings (SSSR count). The molecule has 0 aliphatic heterocycles. The second-order valence-corrected chi connectivity index (χ2v) is 11.7. The molecule has 0 bridgehead atoms. The maximum atomic E-state index is 2.35. The van der Waals surface area contributed by atoms with Crippen LogP contribution in [0.3, 0.4) is 0 Å². The number of nitrogens with zero attached hydrogens (tertiary/aromatic N) is 1. The van der Waals surface area contributed by atoms with E-state index in [0.29, 0.717) is 5.92 Å². The fourth-order valence-electron chi connectivity index (χ4n) is 4.36. The number of rotatable bonds is 7. The van der Waals surface area contributed by atoms with E-state index in [-0.39, 0.29) is 0 Å². The Balaban J connectivity index is 1.52. The molecule has 2 heterocycles. The van der Waals surface area contributed by atoms with Gasteiger partial charge in [0.25, 0.3) is 0 Å². The predicted molar refractivity (Wildman–Crippen MR) is 156 cm³/mol. The largest absolute Gasteiger partial charge is 0.311 e. The summed E-state index contributed by atoms with van der Waals surface area (Å²) in [4.78, 5) is 7.66. The molecule has 0 aliphatic carbocycles. The number of benzene rings is 3. The first-order valence-electron chi connectivity index (χ1n) is 12.3. The van der Waals surface area contributed by atoms with Crippen molar-refractivity contribution < 1.29 is 0 Å². The summed E-state index contributed by atoms with van der Waals surface area (Å²) in [6.45, 7) is 8.87. The molecule has 1 nitrogen and oxygen atoms in total. The van der Waals surface area contributed by atoms with Gasteiger partial charge in [-0.25, -0.2) is 0 Å². The van der Waals surface area contributed by atoms with Gasteiger partial charge in [-0.3, -0.25) is 0 Å². The van der Waals surface area contributed by atoms with E-state index >= 15 is 0 Å². The Hall–Kier alpha value is -3.14. The molecule has 2 aromatic heterocycles. The number of hydrogen-bond donors (Lipinski definition) is 0. The minimum absolute atomic E-state index is 0.569. The van der Waals surface area contributed by atoms with Gasteiger partial charge in [-0.15, -0.1) is 22.7 Å². The summed E-state index contributed by atoms with van der Waals surface area (Å²) < 4.78 is 0. The van der Waals surface area contributed by atoms with Gasteiger partial charge in [0.15, 0.2) is 0 Å². The second kappa shape index (κ2) is 10.2.